The number of thioether (sulfide) groups is 1. The lowest BCUT2D eigenvalue weighted by Gasteiger charge is -2.34. The fourth-order valence-electron chi connectivity index (χ4n) is 3.92. The monoisotopic (exact) mass is 442 g/mol. The first kappa shape index (κ1) is 22.9. The number of ether oxygens (including phenoxy) is 2. The van der Waals surface area contributed by atoms with Gasteiger partial charge in [-0.25, -0.2) is 0 Å². The number of alkyl halides is 2. The largest absolute Gasteiger partial charge is 0.433 e. The van der Waals surface area contributed by atoms with Crippen LogP contribution in [-0.4, -0.2) is 69.0 Å². The van der Waals surface area contributed by atoms with Crippen LogP contribution in [0, 0.1) is 0 Å². The highest BCUT2D eigenvalue weighted by Gasteiger charge is 2.32. The van der Waals surface area contributed by atoms with E-state index in [1.54, 1.807) is 12.1 Å². The molecule has 2 aliphatic heterocycles. The van der Waals surface area contributed by atoms with Gasteiger partial charge in [0.05, 0.1) is 12.2 Å². The van der Waals surface area contributed by atoms with Gasteiger partial charge in [0, 0.05) is 43.6 Å². The molecule has 0 aromatic heterocycles. The predicted octanol–water partition coefficient (Wildman–Crippen LogP) is 3.33. The maximum absolute atomic E-state index is 12.7. The lowest BCUT2D eigenvalue weighted by Crippen LogP contribution is -2.46. The van der Waals surface area contributed by atoms with Crippen molar-refractivity contribution in [2.75, 3.05) is 50.5 Å². The Morgan fingerprint density at radius 2 is 2.13 bits per heavy atom. The number of aliphatic imine (C=N–C) groups is 1. The average Bonchev–Trinajstić information content (AvgIpc) is 3.21. The molecule has 1 atom stereocenters. The van der Waals surface area contributed by atoms with E-state index in [1.165, 1.54) is 0 Å². The van der Waals surface area contributed by atoms with E-state index in [2.05, 4.69) is 28.7 Å². The van der Waals surface area contributed by atoms with Crippen LogP contribution in [-0.2, 0) is 4.74 Å². The van der Waals surface area contributed by atoms with E-state index < -0.39 is 6.61 Å². The van der Waals surface area contributed by atoms with E-state index in [0.717, 1.165) is 58.1 Å². The Kier molecular flexibility index (Phi) is 8.44. The Labute approximate surface area is 181 Å². The molecule has 2 fully saturated rings. The fraction of sp³-hybridized carbons (Fsp3) is 0.667. The number of halogens is 2. The quantitative estimate of drug-likeness (QED) is 0.476. The second kappa shape index (κ2) is 11.0. The molecule has 0 saturated carbocycles. The molecule has 0 aliphatic carbocycles. The SMILES string of the molecule is CCNC(=NCC1(SC)CCOCC1)NC1CCN(c2ccccc2OC(F)F)C1. The maximum Gasteiger partial charge on any atom is 0.387 e. The van der Waals surface area contributed by atoms with Crippen LogP contribution >= 0.6 is 11.8 Å². The van der Waals surface area contributed by atoms with Gasteiger partial charge in [-0.05, 0) is 44.6 Å². The van der Waals surface area contributed by atoms with Crippen molar-refractivity contribution in [1.82, 2.24) is 10.6 Å². The first-order chi connectivity index (χ1) is 14.5. The van der Waals surface area contributed by atoms with Gasteiger partial charge in [-0.1, -0.05) is 12.1 Å². The van der Waals surface area contributed by atoms with Crippen LogP contribution in [0.25, 0.3) is 0 Å². The van der Waals surface area contributed by atoms with Crippen LogP contribution in [0.15, 0.2) is 29.3 Å². The van der Waals surface area contributed by atoms with Gasteiger partial charge >= 0.3 is 6.61 Å². The van der Waals surface area contributed by atoms with Crippen LogP contribution < -0.4 is 20.3 Å². The lowest BCUT2D eigenvalue weighted by atomic mass is 9.99. The third kappa shape index (κ3) is 6.14. The third-order valence-corrected chi connectivity index (χ3v) is 7.06. The Hall–Kier alpha value is -1.74. The summed E-state index contributed by atoms with van der Waals surface area (Å²) in [5, 5.41) is 6.86. The second-order valence-corrected chi connectivity index (χ2v) is 8.89. The van der Waals surface area contributed by atoms with Crippen molar-refractivity contribution in [3.05, 3.63) is 24.3 Å². The van der Waals surface area contributed by atoms with Gasteiger partial charge in [-0.3, -0.25) is 4.99 Å². The fourth-order valence-corrected chi connectivity index (χ4v) is 4.69. The molecule has 0 radical (unpaired) electrons. The maximum atomic E-state index is 12.7. The Morgan fingerprint density at radius 1 is 1.37 bits per heavy atom. The van der Waals surface area contributed by atoms with Crippen molar-refractivity contribution < 1.29 is 18.3 Å². The van der Waals surface area contributed by atoms with Crippen molar-refractivity contribution in [3.63, 3.8) is 0 Å². The summed E-state index contributed by atoms with van der Waals surface area (Å²) in [6.45, 7) is 3.80. The number of rotatable bonds is 8. The zero-order chi connectivity index (χ0) is 21.4. The van der Waals surface area contributed by atoms with Crippen molar-refractivity contribution in [2.45, 2.75) is 43.6 Å². The van der Waals surface area contributed by atoms with Crippen molar-refractivity contribution in [3.8, 4) is 5.75 Å². The summed E-state index contributed by atoms with van der Waals surface area (Å²) in [5.74, 6) is 1.02. The van der Waals surface area contributed by atoms with E-state index in [9.17, 15) is 8.78 Å². The number of hydrogen-bond donors (Lipinski definition) is 2. The molecule has 0 spiro atoms. The zero-order valence-corrected chi connectivity index (χ0v) is 18.5. The summed E-state index contributed by atoms with van der Waals surface area (Å²) < 4.78 is 35.8. The van der Waals surface area contributed by atoms with Gasteiger partial charge in [0.1, 0.15) is 5.75 Å². The molecule has 6 nitrogen and oxygen atoms in total. The molecule has 2 heterocycles. The minimum absolute atomic E-state index is 0.133. The summed E-state index contributed by atoms with van der Waals surface area (Å²) in [6.07, 6.45) is 5.06. The normalized spacial score (nSPS) is 21.7. The Bertz CT molecular complexity index is 701. The van der Waals surface area contributed by atoms with Gasteiger partial charge in [-0.2, -0.15) is 20.5 Å². The highest BCUT2D eigenvalue weighted by molar-refractivity contribution is 8.00. The third-order valence-electron chi connectivity index (χ3n) is 5.66. The minimum Gasteiger partial charge on any atom is -0.433 e. The average molecular weight is 443 g/mol. The summed E-state index contributed by atoms with van der Waals surface area (Å²) in [5.41, 5.74) is 0.701. The van der Waals surface area contributed by atoms with Crippen molar-refractivity contribution in [1.29, 1.82) is 0 Å². The predicted molar refractivity (Wildman–Crippen MR) is 119 cm³/mol. The van der Waals surface area contributed by atoms with E-state index >= 15 is 0 Å². The highest BCUT2D eigenvalue weighted by Crippen LogP contribution is 2.34. The number of anilines is 1. The molecular formula is C21H32F2N4O2S. The minimum atomic E-state index is -2.83. The zero-order valence-electron chi connectivity index (χ0n) is 17.7. The summed E-state index contributed by atoms with van der Waals surface area (Å²) >= 11 is 1.87. The molecule has 0 amide bonds. The van der Waals surface area contributed by atoms with Gasteiger partial charge in [0.2, 0.25) is 0 Å². The number of nitrogens with one attached hydrogen (secondary N) is 2. The molecule has 2 saturated heterocycles. The van der Waals surface area contributed by atoms with Gasteiger partial charge in [0.25, 0.3) is 0 Å². The van der Waals surface area contributed by atoms with Crippen LogP contribution in [0.3, 0.4) is 0 Å². The Morgan fingerprint density at radius 3 is 2.83 bits per heavy atom. The highest BCUT2D eigenvalue weighted by atomic mass is 32.2. The van der Waals surface area contributed by atoms with Crippen LogP contribution in [0.5, 0.6) is 5.75 Å². The second-order valence-electron chi connectivity index (χ2n) is 7.62. The van der Waals surface area contributed by atoms with Crippen LogP contribution in [0.4, 0.5) is 14.5 Å². The number of hydrogen-bond acceptors (Lipinski definition) is 5. The number of guanidine groups is 1. The van der Waals surface area contributed by atoms with Gasteiger partial charge in [0.15, 0.2) is 5.96 Å². The number of para-hydroxylation sites is 2. The summed E-state index contributed by atoms with van der Waals surface area (Å²) in [4.78, 5) is 6.96. The van der Waals surface area contributed by atoms with Crippen LogP contribution in [0.2, 0.25) is 0 Å². The van der Waals surface area contributed by atoms with E-state index in [1.807, 2.05) is 23.9 Å². The van der Waals surface area contributed by atoms with Gasteiger partial charge in [-0.15, -0.1) is 0 Å². The molecule has 1 unspecified atom stereocenters. The first-order valence-corrected chi connectivity index (χ1v) is 11.7. The number of benzene rings is 1. The van der Waals surface area contributed by atoms with E-state index in [0.29, 0.717) is 12.2 Å². The molecule has 1 aromatic carbocycles. The molecule has 0 bridgehead atoms. The molecular weight excluding hydrogens is 410 g/mol. The summed E-state index contributed by atoms with van der Waals surface area (Å²) in [7, 11) is 0. The molecule has 9 heteroatoms. The standard InChI is InChI=1S/C21H32F2N4O2S/c1-3-24-20(25-15-21(30-2)9-12-28-13-10-21)26-16-8-11-27(14-16)17-6-4-5-7-18(17)29-19(22)23/h4-7,16,19H,3,8-15H2,1-2H3,(H2,24,25,26). The van der Waals surface area contributed by atoms with E-state index in [4.69, 9.17) is 14.5 Å². The Balaban J connectivity index is 1.62. The smallest absolute Gasteiger partial charge is 0.387 e. The number of nitrogens with zero attached hydrogens (tertiary/aromatic N) is 2. The molecule has 2 aliphatic rings. The lowest BCUT2D eigenvalue weighted by molar-refractivity contribution is -0.0495. The summed E-state index contributed by atoms with van der Waals surface area (Å²) in [6, 6.07) is 7.15. The van der Waals surface area contributed by atoms with E-state index in [-0.39, 0.29) is 16.5 Å². The van der Waals surface area contributed by atoms with Crippen molar-refractivity contribution in [2.24, 2.45) is 4.99 Å². The molecule has 3 rings (SSSR count). The van der Waals surface area contributed by atoms with Gasteiger partial charge < -0.3 is 25.0 Å². The molecule has 2 N–H and O–H groups in total. The van der Waals surface area contributed by atoms with Crippen molar-refractivity contribution >= 4 is 23.4 Å². The molecule has 30 heavy (non-hydrogen) atoms. The topological polar surface area (TPSA) is 58.1 Å². The molecule has 1 aromatic rings. The first-order valence-electron chi connectivity index (χ1n) is 10.5. The van der Waals surface area contributed by atoms with Crippen LogP contribution in [0.1, 0.15) is 26.2 Å². The molecule has 168 valence electrons.